The highest BCUT2D eigenvalue weighted by Gasteiger charge is 2.10. The summed E-state index contributed by atoms with van der Waals surface area (Å²) in [5.41, 5.74) is 0.828. The maximum absolute atomic E-state index is 12.0. The minimum atomic E-state index is -3.62. The number of hydrogen-bond donors (Lipinski definition) is 1. The van der Waals surface area contributed by atoms with Crippen molar-refractivity contribution >= 4 is 27.0 Å². The number of nitrogens with one attached hydrogen (secondary N) is 1. The summed E-state index contributed by atoms with van der Waals surface area (Å²) in [6, 6.07) is 21.9. The van der Waals surface area contributed by atoms with Crippen LogP contribution in [0.2, 0.25) is 0 Å². The van der Waals surface area contributed by atoms with Crippen molar-refractivity contribution in [2.45, 2.75) is 4.90 Å². The summed E-state index contributed by atoms with van der Waals surface area (Å²) in [5.74, 6) is 0. The van der Waals surface area contributed by atoms with Gasteiger partial charge in [-0.3, -0.25) is 0 Å². The number of fused-ring (bicyclic) bond motifs is 1. The van der Waals surface area contributed by atoms with E-state index in [9.17, 15) is 8.42 Å². The molecule has 22 heavy (non-hydrogen) atoms. The third-order valence-corrected chi connectivity index (χ3v) is 4.45. The van der Waals surface area contributed by atoms with Crippen molar-refractivity contribution in [2.24, 2.45) is 5.10 Å². The van der Waals surface area contributed by atoms with Gasteiger partial charge in [-0.2, -0.15) is 13.5 Å². The lowest BCUT2D eigenvalue weighted by atomic mass is 10.1. The van der Waals surface area contributed by atoms with Crippen molar-refractivity contribution in [3.63, 3.8) is 0 Å². The second kappa shape index (κ2) is 5.99. The van der Waals surface area contributed by atoms with Crippen LogP contribution in [-0.2, 0) is 10.0 Å². The highest BCUT2D eigenvalue weighted by molar-refractivity contribution is 7.89. The molecule has 0 saturated heterocycles. The van der Waals surface area contributed by atoms with Gasteiger partial charge in [-0.1, -0.05) is 54.6 Å². The summed E-state index contributed by atoms with van der Waals surface area (Å²) in [6.45, 7) is 0. The Kier molecular flexibility index (Phi) is 3.89. The first kappa shape index (κ1) is 14.3. The van der Waals surface area contributed by atoms with Crippen LogP contribution in [0.1, 0.15) is 5.56 Å². The van der Waals surface area contributed by atoms with Crippen LogP contribution in [0, 0.1) is 0 Å². The maximum atomic E-state index is 12.0. The van der Waals surface area contributed by atoms with Crippen molar-refractivity contribution in [1.29, 1.82) is 0 Å². The normalized spacial score (nSPS) is 11.8. The zero-order chi connectivity index (χ0) is 15.4. The molecule has 4 nitrogen and oxygen atoms in total. The van der Waals surface area contributed by atoms with Crippen molar-refractivity contribution in [2.75, 3.05) is 0 Å². The molecule has 1 N–H and O–H groups in total. The lowest BCUT2D eigenvalue weighted by molar-refractivity contribution is 0.584. The Morgan fingerprint density at radius 3 is 2.27 bits per heavy atom. The van der Waals surface area contributed by atoms with Gasteiger partial charge in [-0.05, 0) is 34.5 Å². The molecule has 0 amide bonds. The molecule has 0 aromatic heterocycles. The van der Waals surface area contributed by atoms with Gasteiger partial charge < -0.3 is 0 Å². The van der Waals surface area contributed by atoms with E-state index < -0.39 is 10.0 Å². The first-order valence-corrected chi connectivity index (χ1v) is 8.22. The zero-order valence-electron chi connectivity index (χ0n) is 11.7. The predicted molar refractivity (Wildman–Crippen MR) is 88.3 cm³/mol. The predicted octanol–water partition coefficient (Wildman–Crippen LogP) is 3.15. The third-order valence-electron chi connectivity index (χ3n) is 3.21. The largest absolute Gasteiger partial charge is 0.276 e. The number of sulfonamides is 1. The topological polar surface area (TPSA) is 58.5 Å². The van der Waals surface area contributed by atoms with E-state index in [4.69, 9.17) is 0 Å². The molecule has 0 atom stereocenters. The third kappa shape index (κ3) is 3.15. The van der Waals surface area contributed by atoms with Crippen LogP contribution in [0.15, 0.2) is 82.8 Å². The van der Waals surface area contributed by atoms with Crippen LogP contribution < -0.4 is 4.83 Å². The lowest BCUT2D eigenvalue weighted by Gasteiger charge is -2.03. The van der Waals surface area contributed by atoms with Crippen molar-refractivity contribution in [1.82, 2.24) is 4.83 Å². The van der Waals surface area contributed by atoms with E-state index in [0.29, 0.717) is 0 Å². The number of hydrogen-bond acceptors (Lipinski definition) is 3. The highest BCUT2D eigenvalue weighted by atomic mass is 32.2. The fourth-order valence-electron chi connectivity index (χ4n) is 2.11. The summed E-state index contributed by atoms with van der Waals surface area (Å²) >= 11 is 0. The molecule has 0 bridgehead atoms. The van der Waals surface area contributed by atoms with Crippen molar-refractivity contribution < 1.29 is 8.42 Å². The molecule has 110 valence electrons. The van der Waals surface area contributed by atoms with Gasteiger partial charge >= 0.3 is 0 Å². The van der Waals surface area contributed by atoms with E-state index in [1.807, 2.05) is 42.5 Å². The summed E-state index contributed by atoms with van der Waals surface area (Å²) in [4.78, 5) is 2.40. The molecule has 0 fully saturated rings. The van der Waals surface area contributed by atoms with E-state index in [1.165, 1.54) is 18.3 Å². The second-order valence-corrected chi connectivity index (χ2v) is 6.43. The smallest absolute Gasteiger partial charge is 0.200 e. The number of benzene rings is 3. The second-order valence-electron chi connectivity index (χ2n) is 4.77. The Morgan fingerprint density at radius 2 is 1.50 bits per heavy atom. The Bertz CT molecular complexity index is 920. The molecule has 5 heteroatoms. The minimum absolute atomic E-state index is 0.186. The van der Waals surface area contributed by atoms with Gasteiger partial charge in [0.1, 0.15) is 0 Å². The summed E-state index contributed by atoms with van der Waals surface area (Å²) in [7, 11) is -3.62. The summed E-state index contributed by atoms with van der Waals surface area (Å²) in [6.07, 6.45) is 1.49. The molecular weight excluding hydrogens is 296 g/mol. The van der Waals surface area contributed by atoms with Crippen LogP contribution in [0.25, 0.3) is 10.8 Å². The Hall–Kier alpha value is -2.66. The van der Waals surface area contributed by atoms with Gasteiger partial charge in [0.15, 0.2) is 0 Å². The van der Waals surface area contributed by atoms with Crippen LogP contribution in [-0.4, -0.2) is 14.6 Å². The first-order chi connectivity index (χ1) is 10.6. The standard InChI is InChI=1S/C17H14N2O2S/c20-22(21,17-8-2-1-3-9-17)19-18-13-14-10-11-15-6-4-5-7-16(15)12-14/h1-13,19H/b18-13+. The van der Waals surface area contributed by atoms with E-state index in [-0.39, 0.29) is 4.90 Å². The lowest BCUT2D eigenvalue weighted by Crippen LogP contribution is -2.18. The van der Waals surface area contributed by atoms with Crippen LogP contribution in [0.4, 0.5) is 0 Å². The quantitative estimate of drug-likeness (QED) is 0.594. The van der Waals surface area contributed by atoms with Gasteiger partial charge in [0.05, 0.1) is 11.1 Å². The van der Waals surface area contributed by atoms with Gasteiger partial charge in [0.2, 0.25) is 0 Å². The Labute approximate surface area is 129 Å². The fraction of sp³-hybridized carbons (Fsp3) is 0. The molecule has 0 aliphatic rings. The number of rotatable bonds is 4. The molecule has 0 saturated carbocycles. The van der Waals surface area contributed by atoms with Crippen molar-refractivity contribution in [3.05, 3.63) is 78.4 Å². The summed E-state index contributed by atoms with van der Waals surface area (Å²) < 4.78 is 24.0. The van der Waals surface area contributed by atoms with Crippen LogP contribution in [0.3, 0.4) is 0 Å². The molecule has 0 spiro atoms. The van der Waals surface area contributed by atoms with Gasteiger partial charge in [-0.25, -0.2) is 4.83 Å². The Balaban J connectivity index is 1.79. The van der Waals surface area contributed by atoms with E-state index in [1.54, 1.807) is 18.2 Å². The molecule has 0 aliphatic heterocycles. The van der Waals surface area contributed by atoms with Crippen LogP contribution >= 0.6 is 0 Å². The van der Waals surface area contributed by atoms with E-state index >= 15 is 0 Å². The first-order valence-electron chi connectivity index (χ1n) is 6.74. The van der Waals surface area contributed by atoms with Gasteiger partial charge in [0, 0.05) is 0 Å². The average molecular weight is 310 g/mol. The van der Waals surface area contributed by atoms with Crippen molar-refractivity contribution in [3.8, 4) is 0 Å². The summed E-state index contributed by atoms with van der Waals surface area (Å²) in [5, 5.41) is 6.04. The van der Waals surface area contributed by atoms with E-state index in [2.05, 4.69) is 9.93 Å². The molecular formula is C17H14N2O2S. The van der Waals surface area contributed by atoms with Gasteiger partial charge in [-0.15, -0.1) is 0 Å². The molecule has 0 unspecified atom stereocenters. The number of hydrazone groups is 1. The van der Waals surface area contributed by atoms with Crippen LogP contribution in [0.5, 0.6) is 0 Å². The zero-order valence-corrected chi connectivity index (χ0v) is 12.5. The molecule has 0 aliphatic carbocycles. The molecule has 3 aromatic rings. The number of nitrogens with zero attached hydrogens (tertiary/aromatic N) is 1. The highest BCUT2D eigenvalue weighted by Crippen LogP contribution is 2.14. The SMILES string of the molecule is O=S(=O)(N/N=C/c1ccc2ccccc2c1)c1ccccc1. The molecule has 3 aromatic carbocycles. The average Bonchev–Trinajstić information content (AvgIpc) is 2.55. The fourth-order valence-corrected chi connectivity index (χ4v) is 2.92. The molecule has 0 heterocycles. The molecule has 0 radical (unpaired) electrons. The Morgan fingerprint density at radius 1 is 0.818 bits per heavy atom. The minimum Gasteiger partial charge on any atom is -0.200 e. The van der Waals surface area contributed by atoms with Gasteiger partial charge in [0.25, 0.3) is 10.0 Å². The monoisotopic (exact) mass is 310 g/mol. The molecule has 3 rings (SSSR count). The van der Waals surface area contributed by atoms with E-state index in [0.717, 1.165) is 16.3 Å². The maximum Gasteiger partial charge on any atom is 0.276 e.